The number of rotatable bonds is 15. The zero-order chi connectivity index (χ0) is 16.7. The monoisotopic (exact) mass is 420 g/mol. The third kappa shape index (κ3) is 8.93. The van der Waals surface area contributed by atoms with E-state index in [0.29, 0.717) is 10.9 Å². The topological polar surface area (TPSA) is 18.5 Å². The molecule has 0 heterocycles. The molecule has 0 aromatic rings. The van der Waals surface area contributed by atoms with Gasteiger partial charge in [0.1, 0.15) is 0 Å². The molecule has 0 aliphatic carbocycles. The number of ether oxygens (including phenoxy) is 2. The third-order valence-electron chi connectivity index (χ3n) is 4.60. The summed E-state index contributed by atoms with van der Waals surface area (Å²) in [5.41, 5.74) is 0. The molecule has 1 atom stereocenters. The minimum atomic E-state index is -2.34. The van der Waals surface area contributed by atoms with Crippen LogP contribution in [0.25, 0.3) is 0 Å². The summed E-state index contributed by atoms with van der Waals surface area (Å²) in [6.45, 7) is 9.63. The Morgan fingerprint density at radius 1 is 0.864 bits per heavy atom. The summed E-state index contributed by atoms with van der Waals surface area (Å²) in [7, 11) is 1.74. The summed E-state index contributed by atoms with van der Waals surface area (Å²) in [4.78, 5) is 0. The van der Waals surface area contributed by atoms with Crippen LogP contribution in [-0.2, 0) is 9.47 Å². The van der Waals surface area contributed by atoms with Gasteiger partial charge in [0.2, 0.25) is 0 Å². The zero-order valence-electron chi connectivity index (χ0n) is 15.8. The van der Waals surface area contributed by atoms with Gasteiger partial charge in [0.25, 0.3) is 0 Å². The second kappa shape index (κ2) is 15.0. The van der Waals surface area contributed by atoms with E-state index in [1.807, 2.05) is 0 Å². The molecule has 0 aliphatic heterocycles. The van der Waals surface area contributed by atoms with Gasteiger partial charge in [0, 0.05) is 0 Å². The quantitative estimate of drug-likeness (QED) is 0.176. The summed E-state index contributed by atoms with van der Waals surface area (Å²) in [5.74, 6) is 0. The maximum absolute atomic E-state index is 6.23. The van der Waals surface area contributed by atoms with Crippen LogP contribution in [0.3, 0.4) is 0 Å². The Hall–Kier alpha value is 0.459. The number of hydrogen-bond donors (Lipinski definition) is 0. The molecule has 0 bridgehead atoms. The predicted molar refractivity (Wildman–Crippen MR) is 101 cm³/mol. The molecular weight excluding hydrogens is 379 g/mol. The van der Waals surface area contributed by atoms with Crippen molar-refractivity contribution >= 4 is 18.4 Å². The van der Waals surface area contributed by atoms with E-state index >= 15 is 0 Å². The van der Waals surface area contributed by atoms with Crippen LogP contribution in [0.4, 0.5) is 0 Å². The van der Waals surface area contributed by atoms with Crippen LogP contribution in [0, 0.1) is 0 Å². The number of allylic oxidation sites excluding steroid dienone is 1. The second-order valence-corrected chi connectivity index (χ2v) is 20.2. The Kier molecular flexibility index (Phi) is 15.3. The van der Waals surface area contributed by atoms with Crippen LogP contribution in [0.2, 0.25) is 13.3 Å². The van der Waals surface area contributed by atoms with E-state index in [1.165, 1.54) is 51.8 Å². The Morgan fingerprint density at radius 3 is 1.73 bits per heavy atom. The van der Waals surface area contributed by atoms with Gasteiger partial charge in [0.05, 0.1) is 0 Å². The molecule has 22 heavy (non-hydrogen) atoms. The normalized spacial score (nSPS) is 13.9. The van der Waals surface area contributed by atoms with Gasteiger partial charge in [-0.05, 0) is 0 Å². The van der Waals surface area contributed by atoms with Gasteiger partial charge in [-0.15, -0.1) is 0 Å². The van der Waals surface area contributed by atoms with E-state index in [-0.39, 0.29) is 0 Å². The van der Waals surface area contributed by atoms with Crippen LogP contribution in [0.15, 0.2) is 12.2 Å². The molecule has 0 aromatic heterocycles. The molecule has 0 unspecified atom stereocenters. The molecule has 0 radical (unpaired) electrons. The molecule has 0 fully saturated rings. The van der Waals surface area contributed by atoms with Crippen molar-refractivity contribution in [2.45, 2.75) is 90.1 Å². The van der Waals surface area contributed by atoms with Crippen molar-refractivity contribution in [3.63, 3.8) is 0 Å². The van der Waals surface area contributed by atoms with Gasteiger partial charge in [-0.25, -0.2) is 0 Å². The minimum absolute atomic E-state index is 0.402. The molecule has 0 spiro atoms. The van der Waals surface area contributed by atoms with E-state index in [0.717, 1.165) is 6.42 Å². The Balaban J connectivity index is 5.27. The molecule has 0 rings (SSSR count). The first-order valence-electron chi connectivity index (χ1n) is 9.47. The molecule has 0 amide bonds. The van der Waals surface area contributed by atoms with Crippen molar-refractivity contribution in [3.05, 3.63) is 12.2 Å². The molecule has 0 saturated carbocycles. The van der Waals surface area contributed by atoms with Crippen molar-refractivity contribution < 1.29 is 9.47 Å². The Morgan fingerprint density at radius 2 is 1.36 bits per heavy atom. The maximum atomic E-state index is 6.23. The van der Waals surface area contributed by atoms with Crippen LogP contribution < -0.4 is 0 Å². The van der Waals surface area contributed by atoms with Gasteiger partial charge in [-0.1, -0.05) is 0 Å². The average molecular weight is 419 g/mol. The first kappa shape index (κ1) is 22.5. The molecule has 132 valence electrons. The van der Waals surface area contributed by atoms with Gasteiger partial charge >= 0.3 is 144 Å². The Labute approximate surface area is 143 Å². The van der Waals surface area contributed by atoms with Crippen molar-refractivity contribution in [1.82, 2.24) is 0 Å². The molecule has 0 N–H and O–H groups in total. The van der Waals surface area contributed by atoms with E-state index < -0.39 is 18.4 Å². The van der Waals surface area contributed by atoms with Crippen LogP contribution >= 0.6 is 0 Å². The molecule has 3 heteroatoms. The summed E-state index contributed by atoms with van der Waals surface area (Å²) >= 11 is -2.34. The van der Waals surface area contributed by atoms with Gasteiger partial charge < -0.3 is 0 Å². The molecule has 0 aromatic carbocycles. The third-order valence-corrected chi connectivity index (χ3v) is 20.6. The van der Waals surface area contributed by atoms with E-state index in [4.69, 9.17) is 9.47 Å². The van der Waals surface area contributed by atoms with Crippen molar-refractivity contribution in [2.24, 2.45) is 0 Å². The van der Waals surface area contributed by atoms with E-state index in [9.17, 15) is 0 Å². The second-order valence-electron chi connectivity index (χ2n) is 6.50. The van der Waals surface area contributed by atoms with Crippen molar-refractivity contribution in [1.29, 1.82) is 0 Å². The van der Waals surface area contributed by atoms with Crippen LogP contribution in [0.5, 0.6) is 0 Å². The standard InChI is InChI=1S/C7H13O2.3C4H9.Sn/c1-3-4-5-6-9-7-8-2;3*1-3-4-2;/h4-6H,3,7H2,1-2H3;3*1,3-4H2,2H3;/b5-4+;;;;. The summed E-state index contributed by atoms with van der Waals surface area (Å²) < 4.78 is 16.3. The average Bonchev–Trinajstić information content (AvgIpc) is 2.55. The Bertz CT molecular complexity index is 244. The van der Waals surface area contributed by atoms with E-state index in [1.54, 1.807) is 7.11 Å². The van der Waals surface area contributed by atoms with Crippen molar-refractivity contribution in [2.75, 3.05) is 13.9 Å². The van der Waals surface area contributed by atoms with Crippen molar-refractivity contribution in [3.8, 4) is 0 Å². The SMILES string of the molecule is CC/C=C/[C@H](OCOC)[Sn]([CH2]CCC)([CH2]CCC)[CH2]CCC. The summed E-state index contributed by atoms with van der Waals surface area (Å²) in [5, 5.41) is 0. The molecule has 0 aliphatic rings. The summed E-state index contributed by atoms with van der Waals surface area (Å²) in [6.07, 6.45) is 13.9. The first-order valence-corrected chi connectivity index (χ1v) is 17.2. The fraction of sp³-hybridized carbons (Fsp3) is 0.895. The number of methoxy groups -OCH3 is 1. The first-order chi connectivity index (χ1) is 10.7. The van der Waals surface area contributed by atoms with Gasteiger partial charge in [-0.2, -0.15) is 0 Å². The number of hydrogen-bond acceptors (Lipinski definition) is 2. The predicted octanol–water partition coefficient (Wildman–Crippen LogP) is 6.33. The molecule has 2 nitrogen and oxygen atoms in total. The fourth-order valence-electron chi connectivity index (χ4n) is 3.23. The van der Waals surface area contributed by atoms with Crippen LogP contribution in [-0.4, -0.2) is 36.4 Å². The number of unbranched alkanes of at least 4 members (excludes halogenated alkanes) is 3. The molecule has 0 saturated heterocycles. The fourth-order valence-corrected chi connectivity index (χ4v) is 19.6. The zero-order valence-corrected chi connectivity index (χ0v) is 18.7. The van der Waals surface area contributed by atoms with Crippen LogP contribution in [0.1, 0.15) is 72.6 Å². The summed E-state index contributed by atoms with van der Waals surface area (Å²) in [6, 6.07) is 0. The van der Waals surface area contributed by atoms with Gasteiger partial charge in [-0.3, -0.25) is 0 Å². The van der Waals surface area contributed by atoms with Gasteiger partial charge in [0.15, 0.2) is 0 Å². The molecular formula is C19H40O2Sn. The van der Waals surface area contributed by atoms with E-state index in [2.05, 4.69) is 39.8 Å².